The molecule has 4 nitrogen and oxygen atoms in total. The number of hydrogen-bond donors (Lipinski definition) is 1. The van der Waals surface area contributed by atoms with Gasteiger partial charge >= 0.3 is 0 Å². The lowest BCUT2D eigenvalue weighted by atomic mass is 10.0. The van der Waals surface area contributed by atoms with Crippen LogP contribution in [0.25, 0.3) is 10.1 Å². The third kappa shape index (κ3) is 2.50. The molecule has 1 aromatic carbocycles. The van der Waals surface area contributed by atoms with Crippen LogP contribution in [0.3, 0.4) is 0 Å². The number of amides is 1. The Bertz CT molecular complexity index is 763. The number of nitrogens with zero attached hydrogens (tertiary/aromatic N) is 1. The Morgan fingerprint density at radius 2 is 2.14 bits per heavy atom. The molecule has 1 aliphatic rings. The Morgan fingerprint density at radius 1 is 1.36 bits per heavy atom. The number of hydrogen-bond acceptors (Lipinski definition) is 4. The molecule has 0 bridgehead atoms. The summed E-state index contributed by atoms with van der Waals surface area (Å²) < 4.78 is 0.905. The number of fused-ring (bicyclic) bond motifs is 3. The predicted octanol–water partition coefficient (Wildman–Crippen LogP) is 3.56. The number of benzene rings is 1. The maximum absolute atomic E-state index is 12.4. The van der Waals surface area contributed by atoms with Crippen molar-refractivity contribution in [3.05, 3.63) is 22.6 Å². The van der Waals surface area contributed by atoms with Crippen molar-refractivity contribution in [2.45, 2.75) is 39.5 Å². The first-order valence-corrected chi connectivity index (χ1v) is 8.39. The van der Waals surface area contributed by atoms with Gasteiger partial charge in [-0.3, -0.25) is 4.79 Å². The number of aromatic hydroxyl groups is 1. The van der Waals surface area contributed by atoms with Gasteiger partial charge in [0.05, 0.1) is 10.4 Å². The molecule has 0 saturated carbocycles. The topological polar surface area (TPSA) is 57.6 Å². The number of phenolic OH excluding ortho intramolecular Hbond substituents is 1. The van der Waals surface area contributed by atoms with Crippen LogP contribution < -0.4 is 4.90 Å². The van der Waals surface area contributed by atoms with Crippen molar-refractivity contribution in [3.63, 3.8) is 0 Å². The van der Waals surface area contributed by atoms with Gasteiger partial charge in [0, 0.05) is 30.8 Å². The average molecular weight is 317 g/mol. The smallest absolute Gasteiger partial charge is 0.227 e. The molecule has 0 saturated heterocycles. The predicted molar refractivity (Wildman–Crippen MR) is 88.8 cm³/mol. The normalized spacial score (nSPS) is 13.6. The van der Waals surface area contributed by atoms with Gasteiger partial charge in [-0.1, -0.05) is 0 Å². The molecule has 1 amide bonds. The monoisotopic (exact) mass is 317 g/mol. The standard InChI is InChI=1S/C17H19NO3S/c1-10-9-22-17-14(20)8-13-12(16(10)17)6-7-18(13)15(21)5-3-4-11(2)19/h8-9,20H,3-7H2,1-2H3. The van der Waals surface area contributed by atoms with Crippen LogP contribution in [0, 0.1) is 6.92 Å². The van der Waals surface area contributed by atoms with Gasteiger partial charge in [-0.15, -0.1) is 11.3 Å². The summed E-state index contributed by atoms with van der Waals surface area (Å²) in [5, 5.41) is 13.4. The van der Waals surface area contributed by atoms with Crippen LogP contribution in [-0.2, 0) is 16.0 Å². The van der Waals surface area contributed by atoms with Gasteiger partial charge < -0.3 is 14.8 Å². The molecule has 1 aromatic heterocycles. The highest BCUT2D eigenvalue weighted by atomic mass is 32.1. The van der Waals surface area contributed by atoms with Gasteiger partial charge in [-0.05, 0) is 43.2 Å². The third-order valence-corrected chi connectivity index (χ3v) is 5.31. The van der Waals surface area contributed by atoms with Gasteiger partial charge in [-0.2, -0.15) is 0 Å². The molecule has 0 radical (unpaired) electrons. The molecule has 116 valence electrons. The van der Waals surface area contributed by atoms with Crippen LogP contribution in [0.1, 0.15) is 37.3 Å². The third-order valence-electron chi connectivity index (χ3n) is 4.19. The van der Waals surface area contributed by atoms with E-state index in [4.69, 9.17) is 0 Å². The lowest BCUT2D eigenvalue weighted by Crippen LogP contribution is -2.28. The molecule has 5 heteroatoms. The molecular formula is C17H19NO3S. The first kappa shape index (κ1) is 15.0. The molecule has 0 fully saturated rings. The number of phenols is 1. The van der Waals surface area contributed by atoms with E-state index in [1.54, 1.807) is 29.2 Å². The van der Waals surface area contributed by atoms with Crippen molar-refractivity contribution in [1.29, 1.82) is 0 Å². The van der Waals surface area contributed by atoms with Crippen molar-refractivity contribution in [2.24, 2.45) is 0 Å². The number of rotatable bonds is 4. The van der Waals surface area contributed by atoms with E-state index in [0.29, 0.717) is 25.8 Å². The zero-order valence-corrected chi connectivity index (χ0v) is 13.6. The number of carbonyl (C=O) groups is 2. The van der Waals surface area contributed by atoms with Gasteiger partial charge in [0.2, 0.25) is 5.91 Å². The fourth-order valence-electron chi connectivity index (χ4n) is 3.14. The van der Waals surface area contributed by atoms with E-state index in [0.717, 1.165) is 33.3 Å². The zero-order valence-electron chi connectivity index (χ0n) is 12.8. The van der Waals surface area contributed by atoms with Crippen LogP contribution >= 0.6 is 11.3 Å². The van der Waals surface area contributed by atoms with Crippen molar-refractivity contribution in [3.8, 4) is 5.75 Å². The Morgan fingerprint density at radius 3 is 2.86 bits per heavy atom. The minimum absolute atomic E-state index is 0.0339. The molecule has 0 unspecified atom stereocenters. The van der Waals surface area contributed by atoms with Crippen LogP contribution in [-0.4, -0.2) is 23.3 Å². The Hall–Kier alpha value is -1.88. The zero-order chi connectivity index (χ0) is 15.9. The minimum Gasteiger partial charge on any atom is -0.506 e. The summed E-state index contributed by atoms with van der Waals surface area (Å²) in [6, 6.07) is 1.71. The largest absolute Gasteiger partial charge is 0.506 e. The number of carbonyl (C=O) groups excluding carboxylic acids is 2. The first-order valence-electron chi connectivity index (χ1n) is 7.51. The highest BCUT2D eigenvalue weighted by Gasteiger charge is 2.28. The molecule has 1 N–H and O–H groups in total. The molecule has 3 rings (SSSR count). The summed E-state index contributed by atoms with van der Waals surface area (Å²) in [4.78, 5) is 25.1. The highest BCUT2D eigenvalue weighted by molar-refractivity contribution is 7.17. The van der Waals surface area contributed by atoms with Gasteiger partial charge in [0.15, 0.2) is 0 Å². The average Bonchev–Trinajstić information content (AvgIpc) is 3.02. The van der Waals surface area contributed by atoms with E-state index < -0.39 is 0 Å². The van der Waals surface area contributed by atoms with E-state index in [9.17, 15) is 14.7 Å². The molecule has 1 aliphatic heterocycles. The summed E-state index contributed by atoms with van der Waals surface area (Å²) in [6.07, 6.45) is 2.23. The molecule has 22 heavy (non-hydrogen) atoms. The van der Waals surface area contributed by atoms with E-state index in [1.807, 2.05) is 12.3 Å². The Kier molecular flexibility index (Phi) is 3.91. The van der Waals surface area contributed by atoms with E-state index in [2.05, 4.69) is 0 Å². The summed E-state index contributed by atoms with van der Waals surface area (Å²) in [5.74, 6) is 0.393. The fraction of sp³-hybridized carbons (Fsp3) is 0.412. The fourth-order valence-corrected chi connectivity index (χ4v) is 4.13. The number of aryl methyl sites for hydroxylation is 1. The van der Waals surface area contributed by atoms with Crippen LogP contribution in [0.2, 0.25) is 0 Å². The number of thiophene rings is 1. The Labute approximate surface area is 133 Å². The van der Waals surface area contributed by atoms with Crippen LogP contribution in [0.4, 0.5) is 5.69 Å². The quantitative estimate of drug-likeness (QED) is 0.938. The molecule has 0 spiro atoms. The maximum atomic E-state index is 12.4. The van der Waals surface area contributed by atoms with Crippen molar-refractivity contribution in [2.75, 3.05) is 11.4 Å². The molecular weight excluding hydrogens is 298 g/mol. The minimum atomic E-state index is 0.0339. The second-order valence-corrected chi connectivity index (χ2v) is 6.75. The molecule has 0 aliphatic carbocycles. The van der Waals surface area contributed by atoms with Crippen LogP contribution in [0.5, 0.6) is 5.75 Å². The van der Waals surface area contributed by atoms with Crippen molar-refractivity contribution in [1.82, 2.24) is 0 Å². The number of Topliss-reactive ketones (excluding diaryl/α,β-unsaturated/α-hetero) is 1. The van der Waals surface area contributed by atoms with Crippen LogP contribution in [0.15, 0.2) is 11.4 Å². The summed E-state index contributed by atoms with van der Waals surface area (Å²) in [6.45, 7) is 4.24. The SMILES string of the molecule is CC(=O)CCCC(=O)N1CCc2c1cc(O)c1scc(C)c21. The molecule has 0 atom stereocenters. The molecule has 2 aromatic rings. The first-order chi connectivity index (χ1) is 10.5. The van der Waals surface area contributed by atoms with Crippen molar-refractivity contribution >= 4 is 38.8 Å². The van der Waals surface area contributed by atoms with E-state index >= 15 is 0 Å². The highest BCUT2D eigenvalue weighted by Crippen LogP contribution is 2.43. The summed E-state index contributed by atoms with van der Waals surface area (Å²) in [5.41, 5.74) is 3.14. The molecule has 2 heterocycles. The number of ketones is 1. The van der Waals surface area contributed by atoms with E-state index in [1.165, 1.54) is 0 Å². The van der Waals surface area contributed by atoms with Gasteiger partial charge in [-0.25, -0.2) is 0 Å². The Balaban J connectivity index is 1.90. The van der Waals surface area contributed by atoms with Gasteiger partial charge in [0.1, 0.15) is 11.5 Å². The lowest BCUT2D eigenvalue weighted by Gasteiger charge is -2.18. The maximum Gasteiger partial charge on any atom is 0.227 e. The van der Waals surface area contributed by atoms with Crippen molar-refractivity contribution < 1.29 is 14.7 Å². The lowest BCUT2D eigenvalue weighted by molar-refractivity contribution is -0.119. The summed E-state index contributed by atoms with van der Waals surface area (Å²) in [7, 11) is 0. The van der Waals surface area contributed by atoms with E-state index in [-0.39, 0.29) is 17.4 Å². The second-order valence-electron chi connectivity index (χ2n) is 5.87. The second kappa shape index (κ2) is 5.72. The summed E-state index contributed by atoms with van der Waals surface area (Å²) >= 11 is 1.54. The van der Waals surface area contributed by atoms with Gasteiger partial charge in [0.25, 0.3) is 0 Å². The number of anilines is 1.